The van der Waals surface area contributed by atoms with E-state index in [1.54, 1.807) is 0 Å². The lowest BCUT2D eigenvalue weighted by Crippen LogP contribution is -2.37. The Morgan fingerprint density at radius 1 is 0.967 bits per heavy atom. The lowest BCUT2D eigenvalue weighted by molar-refractivity contribution is -0.128. The second kappa shape index (κ2) is 10.0. The van der Waals surface area contributed by atoms with E-state index in [9.17, 15) is 4.79 Å². The number of rotatable bonds is 7. The maximum absolute atomic E-state index is 12.7. The monoisotopic (exact) mass is 406 g/mol. The zero-order valence-electron chi connectivity index (χ0n) is 18.2. The molecule has 4 heteroatoms. The topological polar surface area (TPSA) is 41.6 Å². The maximum atomic E-state index is 12.7. The van der Waals surface area contributed by atoms with Gasteiger partial charge in [0.1, 0.15) is 5.75 Å². The van der Waals surface area contributed by atoms with Gasteiger partial charge in [-0.1, -0.05) is 25.1 Å². The molecule has 0 unspecified atom stereocenters. The number of anilines is 1. The van der Waals surface area contributed by atoms with Crippen molar-refractivity contribution in [2.24, 2.45) is 0 Å². The van der Waals surface area contributed by atoms with Crippen LogP contribution in [0.5, 0.6) is 5.75 Å². The van der Waals surface area contributed by atoms with Crippen molar-refractivity contribution in [2.75, 3.05) is 18.0 Å². The third kappa shape index (κ3) is 5.16. The Bertz CT molecular complexity index is 841. The lowest BCUT2D eigenvalue weighted by atomic mass is 9.92. The van der Waals surface area contributed by atoms with Gasteiger partial charge in [-0.2, -0.15) is 0 Å². The first-order valence-corrected chi connectivity index (χ1v) is 11.6. The average molecular weight is 407 g/mol. The number of fused-ring (bicyclic) bond motifs is 1. The number of benzene rings is 2. The molecule has 1 N–H and O–H groups in total. The highest BCUT2D eigenvalue weighted by molar-refractivity contribution is 5.81. The largest absolute Gasteiger partial charge is 0.481 e. The van der Waals surface area contributed by atoms with Gasteiger partial charge in [0.25, 0.3) is 5.91 Å². The maximum Gasteiger partial charge on any atom is 0.261 e. The molecule has 2 aromatic rings. The quantitative estimate of drug-likeness (QED) is 0.701. The summed E-state index contributed by atoms with van der Waals surface area (Å²) >= 11 is 0. The van der Waals surface area contributed by atoms with Crippen molar-refractivity contribution in [1.29, 1.82) is 0 Å². The molecule has 1 aliphatic carbocycles. The number of carbonyl (C=O) groups is 1. The van der Waals surface area contributed by atoms with Gasteiger partial charge >= 0.3 is 0 Å². The van der Waals surface area contributed by atoms with Crippen LogP contribution in [-0.4, -0.2) is 25.1 Å². The smallest absolute Gasteiger partial charge is 0.261 e. The van der Waals surface area contributed by atoms with Crippen LogP contribution in [-0.2, 0) is 24.2 Å². The van der Waals surface area contributed by atoms with Crippen LogP contribution in [0.25, 0.3) is 0 Å². The van der Waals surface area contributed by atoms with E-state index in [1.165, 1.54) is 48.9 Å². The third-order valence-corrected chi connectivity index (χ3v) is 6.39. The molecule has 0 spiro atoms. The summed E-state index contributed by atoms with van der Waals surface area (Å²) in [4.78, 5) is 15.2. The predicted molar refractivity (Wildman–Crippen MR) is 122 cm³/mol. The van der Waals surface area contributed by atoms with Crippen LogP contribution in [0.1, 0.15) is 62.1 Å². The SMILES string of the molecule is CC[C@H](Oc1ccc2c(c1)CCCC2)C(=O)NCc1ccc(N2CCCCC2)cc1. The Morgan fingerprint density at radius 3 is 2.43 bits per heavy atom. The Morgan fingerprint density at radius 2 is 1.70 bits per heavy atom. The number of nitrogens with one attached hydrogen (secondary N) is 1. The molecular weight excluding hydrogens is 372 g/mol. The van der Waals surface area contributed by atoms with E-state index in [0.717, 1.165) is 37.2 Å². The summed E-state index contributed by atoms with van der Waals surface area (Å²) in [7, 11) is 0. The second-order valence-corrected chi connectivity index (χ2v) is 8.58. The van der Waals surface area contributed by atoms with E-state index in [4.69, 9.17) is 4.74 Å². The summed E-state index contributed by atoms with van der Waals surface area (Å²) < 4.78 is 6.06. The van der Waals surface area contributed by atoms with E-state index in [1.807, 2.05) is 13.0 Å². The molecule has 1 heterocycles. The molecule has 0 bridgehead atoms. The molecule has 4 rings (SSSR count). The van der Waals surface area contributed by atoms with Crippen molar-refractivity contribution in [3.63, 3.8) is 0 Å². The van der Waals surface area contributed by atoms with Crippen LogP contribution in [0.15, 0.2) is 42.5 Å². The minimum absolute atomic E-state index is 0.0460. The molecule has 1 saturated heterocycles. The van der Waals surface area contributed by atoms with Crippen LogP contribution in [0.4, 0.5) is 5.69 Å². The number of hydrogen-bond donors (Lipinski definition) is 1. The Labute approximate surface area is 180 Å². The van der Waals surface area contributed by atoms with Gasteiger partial charge in [-0.25, -0.2) is 0 Å². The van der Waals surface area contributed by atoms with E-state index in [2.05, 4.69) is 46.6 Å². The van der Waals surface area contributed by atoms with Crippen LogP contribution < -0.4 is 15.0 Å². The van der Waals surface area contributed by atoms with E-state index < -0.39 is 6.10 Å². The molecule has 0 aromatic heterocycles. The van der Waals surface area contributed by atoms with Crippen molar-refractivity contribution < 1.29 is 9.53 Å². The minimum Gasteiger partial charge on any atom is -0.481 e. The minimum atomic E-state index is -0.459. The highest BCUT2D eigenvalue weighted by atomic mass is 16.5. The Hall–Kier alpha value is -2.49. The summed E-state index contributed by atoms with van der Waals surface area (Å²) in [5.41, 5.74) is 5.21. The van der Waals surface area contributed by atoms with Crippen molar-refractivity contribution >= 4 is 11.6 Å². The Kier molecular flexibility index (Phi) is 6.93. The van der Waals surface area contributed by atoms with E-state index >= 15 is 0 Å². The van der Waals surface area contributed by atoms with Crippen molar-refractivity contribution in [3.8, 4) is 5.75 Å². The van der Waals surface area contributed by atoms with Gasteiger partial charge in [0.15, 0.2) is 6.10 Å². The molecule has 1 amide bonds. The van der Waals surface area contributed by atoms with Gasteiger partial charge < -0.3 is 15.0 Å². The summed E-state index contributed by atoms with van der Waals surface area (Å²) in [6.45, 7) is 4.82. The fourth-order valence-corrected chi connectivity index (χ4v) is 4.55. The number of aryl methyl sites for hydroxylation is 2. The zero-order chi connectivity index (χ0) is 20.8. The number of piperidine rings is 1. The predicted octanol–water partition coefficient (Wildman–Crippen LogP) is 5.03. The molecule has 160 valence electrons. The Balaban J connectivity index is 1.31. The highest BCUT2D eigenvalue weighted by Gasteiger charge is 2.19. The first-order valence-electron chi connectivity index (χ1n) is 11.6. The van der Waals surface area contributed by atoms with Crippen LogP contribution in [0.2, 0.25) is 0 Å². The summed E-state index contributed by atoms with van der Waals surface area (Å²) in [6, 6.07) is 14.9. The van der Waals surface area contributed by atoms with Gasteiger partial charge in [0.2, 0.25) is 0 Å². The van der Waals surface area contributed by atoms with Crippen LogP contribution in [0, 0.1) is 0 Å². The zero-order valence-corrected chi connectivity index (χ0v) is 18.2. The molecule has 0 saturated carbocycles. The summed E-state index contributed by atoms with van der Waals surface area (Å²) in [5, 5.41) is 3.05. The molecule has 1 atom stereocenters. The van der Waals surface area contributed by atoms with Crippen LogP contribution >= 0.6 is 0 Å². The number of amides is 1. The normalized spacial score (nSPS) is 17.2. The summed E-state index contributed by atoms with van der Waals surface area (Å²) in [6.07, 6.45) is 8.87. The lowest BCUT2D eigenvalue weighted by Gasteiger charge is -2.28. The van der Waals surface area contributed by atoms with Crippen molar-refractivity contribution in [1.82, 2.24) is 5.32 Å². The standard InChI is InChI=1S/C26H34N2O2/c1-2-25(30-24-15-12-21-8-4-5-9-22(21)18-24)26(29)27-19-20-10-13-23(14-11-20)28-16-6-3-7-17-28/h10-15,18,25H,2-9,16-17,19H2,1H3,(H,27,29)/t25-/m0/s1. The molecule has 2 aliphatic rings. The number of carbonyl (C=O) groups excluding carboxylic acids is 1. The molecular formula is C26H34N2O2. The molecule has 30 heavy (non-hydrogen) atoms. The fraction of sp³-hybridized carbons (Fsp3) is 0.500. The number of hydrogen-bond acceptors (Lipinski definition) is 3. The second-order valence-electron chi connectivity index (χ2n) is 8.58. The summed E-state index contributed by atoms with van der Waals surface area (Å²) in [5.74, 6) is 0.763. The van der Waals surface area contributed by atoms with E-state index in [0.29, 0.717) is 13.0 Å². The van der Waals surface area contributed by atoms with Gasteiger partial charge in [0, 0.05) is 25.3 Å². The molecule has 0 radical (unpaired) electrons. The molecule has 1 aliphatic heterocycles. The first kappa shape index (κ1) is 20.8. The van der Waals surface area contributed by atoms with Gasteiger partial charge in [0.05, 0.1) is 0 Å². The van der Waals surface area contributed by atoms with Crippen LogP contribution in [0.3, 0.4) is 0 Å². The molecule has 4 nitrogen and oxygen atoms in total. The average Bonchev–Trinajstić information content (AvgIpc) is 2.82. The number of ether oxygens (including phenoxy) is 1. The third-order valence-electron chi connectivity index (χ3n) is 6.39. The van der Waals surface area contributed by atoms with Gasteiger partial charge in [-0.05, 0) is 92.3 Å². The van der Waals surface area contributed by atoms with Gasteiger partial charge in [-0.3, -0.25) is 4.79 Å². The number of nitrogens with zero attached hydrogens (tertiary/aromatic N) is 1. The first-order chi connectivity index (χ1) is 14.7. The van der Waals surface area contributed by atoms with Crippen molar-refractivity contribution in [2.45, 2.75) is 70.9 Å². The van der Waals surface area contributed by atoms with Gasteiger partial charge in [-0.15, -0.1) is 0 Å². The fourth-order valence-electron chi connectivity index (χ4n) is 4.55. The highest BCUT2D eigenvalue weighted by Crippen LogP contribution is 2.26. The van der Waals surface area contributed by atoms with E-state index in [-0.39, 0.29) is 5.91 Å². The van der Waals surface area contributed by atoms with Crippen molar-refractivity contribution in [3.05, 3.63) is 59.2 Å². The molecule has 2 aromatic carbocycles. The molecule has 1 fully saturated rings.